The molecule has 20 heavy (non-hydrogen) atoms. The van der Waals surface area contributed by atoms with Gasteiger partial charge in [0.05, 0.1) is 0 Å². The molecule has 0 unspecified atom stereocenters. The van der Waals surface area contributed by atoms with E-state index in [1.807, 2.05) is 0 Å². The number of benzene rings is 2. The number of para-hydroxylation sites is 1. The molecule has 0 saturated carbocycles. The maximum atomic E-state index is 12.2. The molecule has 0 aromatic heterocycles. The molecule has 104 valence electrons. The molecule has 1 amide bonds. The number of anilines is 1. The molecular formula is C14H10F3NOS. The Morgan fingerprint density at radius 1 is 1.00 bits per heavy atom. The van der Waals surface area contributed by atoms with E-state index in [1.165, 1.54) is 12.1 Å². The number of amides is 1. The lowest BCUT2D eigenvalue weighted by Gasteiger charge is -2.10. The first-order valence-electron chi connectivity index (χ1n) is 5.65. The summed E-state index contributed by atoms with van der Waals surface area (Å²) in [6, 6.07) is 13.1. The minimum Gasteiger partial charge on any atom is -0.328 e. The summed E-state index contributed by atoms with van der Waals surface area (Å²) >= 11 is -0.153. The Balaban J connectivity index is 2.28. The Labute approximate surface area is 118 Å². The van der Waals surface area contributed by atoms with Gasteiger partial charge in [-0.25, -0.2) is 0 Å². The fraction of sp³-hybridized carbons (Fsp3) is 0.0714. The maximum Gasteiger partial charge on any atom is 0.446 e. The largest absolute Gasteiger partial charge is 0.446 e. The van der Waals surface area contributed by atoms with E-state index in [9.17, 15) is 18.0 Å². The van der Waals surface area contributed by atoms with Crippen molar-refractivity contribution in [2.75, 3.05) is 5.32 Å². The molecule has 0 aliphatic rings. The number of halogens is 3. The van der Waals surface area contributed by atoms with Gasteiger partial charge in [-0.15, -0.1) is 0 Å². The normalized spacial score (nSPS) is 11.2. The average molecular weight is 297 g/mol. The molecule has 0 fully saturated rings. The smallest absolute Gasteiger partial charge is 0.328 e. The number of thioether (sulfide) groups is 1. The Bertz CT molecular complexity index is 596. The molecule has 0 radical (unpaired) electrons. The number of hydrogen-bond donors (Lipinski definition) is 1. The number of carbonyl (C=O) groups excluding carboxylic acids is 1. The van der Waals surface area contributed by atoms with Gasteiger partial charge in [-0.3, -0.25) is 4.79 Å². The Hall–Kier alpha value is -1.95. The second kappa shape index (κ2) is 6.00. The number of nitrogens with one attached hydrogen (secondary N) is 1. The lowest BCUT2D eigenvalue weighted by Crippen LogP contribution is -1.99. The van der Waals surface area contributed by atoms with Crippen LogP contribution in [-0.4, -0.2) is 11.9 Å². The van der Waals surface area contributed by atoms with Crippen molar-refractivity contribution in [1.29, 1.82) is 0 Å². The lowest BCUT2D eigenvalue weighted by atomic mass is 10.0. The molecule has 2 rings (SSSR count). The van der Waals surface area contributed by atoms with Gasteiger partial charge in [0.2, 0.25) is 6.41 Å². The highest BCUT2D eigenvalue weighted by molar-refractivity contribution is 8.00. The van der Waals surface area contributed by atoms with E-state index in [0.29, 0.717) is 12.1 Å². The van der Waals surface area contributed by atoms with E-state index in [0.717, 1.165) is 11.1 Å². The molecule has 0 heterocycles. The van der Waals surface area contributed by atoms with Gasteiger partial charge in [-0.2, -0.15) is 13.2 Å². The highest BCUT2D eigenvalue weighted by atomic mass is 32.2. The average Bonchev–Trinajstić information content (AvgIpc) is 2.39. The zero-order valence-electron chi connectivity index (χ0n) is 10.1. The topological polar surface area (TPSA) is 29.1 Å². The van der Waals surface area contributed by atoms with E-state index < -0.39 is 5.51 Å². The Kier molecular flexibility index (Phi) is 4.34. The molecule has 0 saturated heterocycles. The molecule has 2 nitrogen and oxygen atoms in total. The van der Waals surface area contributed by atoms with Crippen LogP contribution in [0.25, 0.3) is 11.1 Å². The molecule has 6 heteroatoms. The standard InChI is InChI=1S/C14H10F3NOS/c15-14(16,17)20-11-7-5-10(6-8-11)12-3-1-2-4-13(12)18-9-19/h1-9H,(H,18,19). The van der Waals surface area contributed by atoms with Crippen LogP contribution in [0, 0.1) is 0 Å². The van der Waals surface area contributed by atoms with Crippen molar-refractivity contribution >= 4 is 23.9 Å². The third-order valence-corrected chi connectivity index (χ3v) is 3.28. The summed E-state index contributed by atoms with van der Waals surface area (Å²) in [5, 5.41) is 2.56. The van der Waals surface area contributed by atoms with E-state index in [4.69, 9.17) is 0 Å². The third kappa shape index (κ3) is 3.77. The molecule has 0 bridgehead atoms. The summed E-state index contributed by atoms with van der Waals surface area (Å²) in [5.41, 5.74) is -2.19. The van der Waals surface area contributed by atoms with Crippen LogP contribution in [0.4, 0.5) is 18.9 Å². The van der Waals surface area contributed by atoms with Crippen LogP contribution in [-0.2, 0) is 4.79 Å². The summed E-state index contributed by atoms with van der Waals surface area (Å²) in [7, 11) is 0. The summed E-state index contributed by atoms with van der Waals surface area (Å²) in [5.74, 6) is 0. The second-order valence-corrected chi connectivity index (χ2v) is 5.02. The first-order chi connectivity index (χ1) is 9.49. The van der Waals surface area contributed by atoms with E-state index in [2.05, 4.69) is 5.32 Å². The molecule has 1 N–H and O–H groups in total. The van der Waals surface area contributed by atoms with Gasteiger partial charge in [0.15, 0.2) is 0 Å². The Morgan fingerprint density at radius 2 is 1.65 bits per heavy atom. The van der Waals surface area contributed by atoms with Crippen LogP contribution in [0.15, 0.2) is 53.4 Å². The summed E-state index contributed by atoms with van der Waals surface area (Å²) in [6.45, 7) is 0. The van der Waals surface area contributed by atoms with Crippen molar-refractivity contribution in [2.24, 2.45) is 0 Å². The van der Waals surface area contributed by atoms with Crippen molar-refractivity contribution in [1.82, 2.24) is 0 Å². The third-order valence-electron chi connectivity index (χ3n) is 2.54. The molecule has 0 aliphatic heterocycles. The number of alkyl halides is 3. The molecule has 2 aromatic carbocycles. The van der Waals surface area contributed by atoms with Crippen LogP contribution < -0.4 is 5.32 Å². The van der Waals surface area contributed by atoms with Crippen molar-refractivity contribution in [3.63, 3.8) is 0 Å². The zero-order chi connectivity index (χ0) is 14.6. The SMILES string of the molecule is O=CNc1ccccc1-c1ccc(SC(F)(F)F)cc1. The van der Waals surface area contributed by atoms with Crippen LogP contribution in [0.3, 0.4) is 0 Å². The van der Waals surface area contributed by atoms with Crippen molar-refractivity contribution in [3.8, 4) is 11.1 Å². The highest BCUT2D eigenvalue weighted by Gasteiger charge is 2.29. The van der Waals surface area contributed by atoms with Gasteiger partial charge in [-0.05, 0) is 35.5 Å². The van der Waals surface area contributed by atoms with Gasteiger partial charge in [-0.1, -0.05) is 30.3 Å². The van der Waals surface area contributed by atoms with E-state index >= 15 is 0 Å². The van der Waals surface area contributed by atoms with Crippen molar-refractivity contribution in [3.05, 3.63) is 48.5 Å². The Morgan fingerprint density at radius 3 is 2.25 bits per heavy atom. The number of hydrogen-bond acceptors (Lipinski definition) is 2. The highest BCUT2D eigenvalue weighted by Crippen LogP contribution is 2.38. The monoisotopic (exact) mass is 297 g/mol. The molecule has 2 aromatic rings. The molecule has 0 spiro atoms. The number of carbonyl (C=O) groups is 1. The number of rotatable bonds is 4. The van der Waals surface area contributed by atoms with Gasteiger partial charge in [0, 0.05) is 16.1 Å². The fourth-order valence-electron chi connectivity index (χ4n) is 1.76. The summed E-state index contributed by atoms with van der Waals surface area (Å²) in [6.07, 6.45) is 0.562. The summed E-state index contributed by atoms with van der Waals surface area (Å²) < 4.78 is 36.7. The first-order valence-corrected chi connectivity index (χ1v) is 6.46. The van der Waals surface area contributed by atoms with Crippen LogP contribution >= 0.6 is 11.8 Å². The fourth-order valence-corrected chi connectivity index (χ4v) is 2.30. The quantitative estimate of drug-likeness (QED) is 0.663. The van der Waals surface area contributed by atoms with Gasteiger partial charge in [0.1, 0.15) is 0 Å². The van der Waals surface area contributed by atoms with Gasteiger partial charge in [0.25, 0.3) is 0 Å². The van der Waals surface area contributed by atoms with Gasteiger partial charge >= 0.3 is 5.51 Å². The van der Waals surface area contributed by atoms with Crippen LogP contribution in [0.2, 0.25) is 0 Å². The zero-order valence-corrected chi connectivity index (χ0v) is 11.0. The second-order valence-electron chi connectivity index (χ2n) is 3.88. The first kappa shape index (κ1) is 14.5. The maximum absolute atomic E-state index is 12.2. The van der Waals surface area contributed by atoms with Crippen molar-refractivity contribution < 1.29 is 18.0 Å². The van der Waals surface area contributed by atoms with Crippen LogP contribution in [0.1, 0.15) is 0 Å². The molecular weight excluding hydrogens is 287 g/mol. The van der Waals surface area contributed by atoms with Gasteiger partial charge < -0.3 is 5.32 Å². The lowest BCUT2D eigenvalue weighted by molar-refractivity contribution is -0.105. The minimum atomic E-state index is -4.29. The van der Waals surface area contributed by atoms with E-state index in [-0.39, 0.29) is 16.7 Å². The van der Waals surface area contributed by atoms with E-state index in [1.54, 1.807) is 36.4 Å². The predicted octanol–water partition coefficient (Wildman–Crippen LogP) is 4.53. The molecule has 0 aliphatic carbocycles. The predicted molar refractivity (Wildman–Crippen MR) is 73.5 cm³/mol. The van der Waals surface area contributed by atoms with Crippen molar-refractivity contribution in [2.45, 2.75) is 10.4 Å². The van der Waals surface area contributed by atoms with Crippen LogP contribution in [0.5, 0.6) is 0 Å². The molecule has 0 atom stereocenters. The summed E-state index contributed by atoms with van der Waals surface area (Å²) in [4.78, 5) is 10.7. The minimum absolute atomic E-state index is 0.127.